The Morgan fingerprint density at radius 2 is 1.55 bits per heavy atom. The van der Waals surface area contributed by atoms with Gasteiger partial charge in [0.25, 0.3) is 15.8 Å². The molecule has 0 fully saturated rings. The van der Waals surface area contributed by atoms with Gasteiger partial charge in [-0.15, -0.1) is 12.6 Å². The summed E-state index contributed by atoms with van der Waals surface area (Å²) in [6, 6.07) is 4.59. The zero-order chi connectivity index (χ0) is 22.5. The molecular weight excluding hydrogens is 441 g/mol. The lowest BCUT2D eigenvalue weighted by Gasteiger charge is -2.10. The molecule has 0 aromatic heterocycles. The Morgan fingerprint density at radius 1 is 1.03 bits per heavy atom. The second kappa shape index (κ2) is 9.13. The molecule has 0 amide bonds. The van der Waals surface area contributed by atoms with E-state index in [1.54, 1.807) is 0 Å². The molecule has 2 aromatic carbocycles. The van der Waals surface area contributed by atoms with E-state index in [2.05, 4.69) is 5.32 Å². The Balaban J connectivity index is 0.000000960. The van der Waals surface area contributed by atoms with Crippen LogP contribution in [0.4, 0.5) is 27.1 Å². The molecule has 16 heteroatoms. The third-order valence-corrected chi connectivity index (χ3v) is 4.20. The highest BCUT2D eigenvalue weighted by Crippen LogP contribution is 2.34. The van der Waals surface area contributed by atoms with Crippen LogP contribution in [-0.4, -0.2) is 35.4 Å². The van der Waals surface area contributed by atoms with E-state index in [4.69, 9.17) is 17.2 Å². The number of anilines is 2. The summed E-state index contributed by atoms with van der Waals surface area (Å²) in [6.07, 6.45) is 0. The number of rotatable bonds is 5. The lowest BCUT2D eigenvalue weighted by molar-refractivity contribution is -0.395. The maximum Gasteiger partial charge on any atom is 0.425 e. The normalized spacial score (nSPS) is 10.4. The summed E-state index contributed by atoms with van der Waals surface area (Å²) in [5.74, 6) is -1.27. The molecule has 2 rings (SSSR count). The van der Waals surface area contributed by atoms with Crippen molar-refractivity contribution in [2.24, 2.45) is 0 Å². The van der Waals surface area contributed by atoms with Crippen LogP contribution in [-0.2, 0) is 20.7 Å². The zero-order valence-electron chi connectivity index (χ0n) is 14.1. The SMILES string of the molecule is Cc1cc(Nc2cc(F)c([N+](=O)[O-])cc2[N+](=O)[O-])ccc1S(=O)(=O)O.O=S(=O)=O. The van der Waals surface area contributed by atoms with Crippen LogP contribution < -0.4 is 5.32 Å². The second-order valence-electron chi connectivity index (χ2n) is 5.12. The third kappa shape index (κ3) is 6.55. The predicted molar refractivity (Wildman–Crippen MR) is 93.7 cm³/mol. The van der Waals surface area contributed by atoms with Gasteiger partial charge in [0, 0.05) is 11.8 Å². The topological polar surface area (TPSA) is 204 Å². The fourth-order valence-corrected chi connectivity index (χ4v) is 2.82. The number of aryl methyl sites for hydroxylation is 1. The van der Waals surface area contributed by atoms with Gasteiger partial charge in [0.1, 0.15) is 5.69 Å². The first-order valence-electron chi connectivity index (χ1n) is 6.98. The summed E-state index contributed by atoms with van der Waals surface area (Å²) in [7, 11) is -7.55. The van der Waals surface area contributed by atoms with Crippen LogP contribution in [0.25, 0.3) is 0 Å². The van der Waals surface area contributed by atoms with E-state index in [0.29, 0.717) is 12.1 Å². The minimum atomic E-state index is -4.44. The number of nitro benzene ring substituents is 2. The lowest BCUT2D eigenvalue weighted by atomic mass is 10.2. The van der Waals surface area contributed by atoms with Gasteiger partial charge in [0.05, 0.1) is 20.8 Å². The number of benzene rings is 2. The molecule has 0 spiro atoms. The molecule has 2 aromatic rings. The van der Waals surface area contributed by atoms with Gasteiger partial charge >= 0.3 is 16.3 Å². The number of hydrogen-bond acceptors (Lipinski definition) is 10. The molecule has 13 nitrogen and oxygen atoms in total. The highest BCUT2D eigenvalue weighted by atomic mass is 32.2. The van der Waals surface area contributed by atoms with Crippen molar-refractivity contribution in [3.8, 4) is 0 Å². The Kier molecular flexibility index (Phi) is 7.41. The summed E-state index contributed by atoms with van der Waals surface area (Å²) >= 11 is 0. The van der Waals surface area contributed by atoms with E-state index in [1.807, 2.05) is 0 Å². The Bertz CT molecular complexity index is 1190. The van der Waals surface area contributed by atoms with Gasteiger partial charge in [0.15, 0.2) is 0 Å². The van der Waals surface area contributed by atoms with Gasteiger partial charge < -0.3 is 5.32 Å². The van der Waals surface area contributed by atoms with Crippen LogP contribution in [0.15, 0.2) is 35.2 Å². The van der Waals surface area contributed by atoms with Crippen LogP contribution in [0.5, 0.6) is 0 Å². The van der Waals surface area contributed by atoms with Crippen molar-refractivity contribution >= 4 is 43.5 Å². The average Bonchev–Trinajstić information content (AvgIpc) is 2.52. The van der Waals surface area contributed by atoms with E-state index < -0.39 is 47.8 Å². The molecule has 0 unspecified atom stereocenters. The first-order valence-corrected chi connectivity index (χ1v) is 9.42. The fraction of sp³-hybridized carbons (Fsp3) is 0.0769. The van der Waals surface area contributed by atoms with E-state index >= 15 is 0 Å². The van der Waals surface area contributed by atoms with E-state index in [9.17, 15) is 33.0 Å². The fourth-order valence-electron chi connectivity index (χ4n) is 2.11. The van der Waals surface area contributed by atoms with Gasteiger partial charge in [0.2, 0.25) is 5.82 Å². The molecule has 0 aliphatic heterocycles. The largest absolute Gasteiger partial charge is 0.425 e. The van der Waals surface area contributed by atoms with Crippen molar-refractivity contribution in [3.05, 3.63) is 61.9 Å². The van der Waals surface area contributed by atoms with Gasteiger partial charge in [-0.25, -0.2) is 0 Å². The smallest absolute Gasteiger partial charge is 0.350 e. The van der Waals surface area contributed by atoms with Crippen LogP contribution in [0.1, 0.15) is 5.56 Å². The quantitative estimate of drug-likeness (QED) is 0.381. The Morgan fingerprint density at radius 3 is 1.97 bits per heavy atom. The molecule has 2 N–H and O–H groups in total. The van der Waals surface area contributed by atoms with Gasteiger partial charge in [-0.1, -0.05) is 0 Å². The lowest BCUT2D eigenvalue weighted by Crippen LogP contribution is -2.03. The average molecular weight is 451 g/mol. The van der Waals surface area contributed by atoms with Gasteiger partial charge in [-0.2, -0.15) is 12.8 Å². The molecule has 0 saturated heterocycles. The molecule has 29 heavy (non-hydrogen) atoms. The summed E-state index contributed by atoms with van der Waals surface area (Å²) in [4.78, 5) is 19.4. The highest BCUT2D eigenvalue weighted by Gasteiger charge is 2.25. The highest BCUT2D eigenvalue weighted by molar-refractivity contribution is 7.85. The summed E-state index contributed by atoms with van der Waals surface area (Å²) in [5, 5.41) is 24.2. The van der Waals surface area contributed by atoms with Crippen molar-refractivity contribution < 1.29 is 39.8 Å². The van der Waals surface area contributed by atoms with Crippen molar-refractivity contribution in [2.45, 2.75) is 11.8 Å². The molecule has 0 heterocycles. The van der Waals surface area contributed by atoms with Crippen LogP contribution >= 0.6 is 0 Å². The monoisotopic (exact) mass is 451 g/mol. The number of nitrogens with zero attached hydrogens (tertiary/aromatic N) is 2. The van der Waals surface area contributed by atoms with Crippen molar-refractivity contribution in [1.29, 1.82) is 0 Å². The molecule has 0 bridgehead atoms. The van der Waals surface area contributed by atoms with Crippen molar-refractivity contribution in [3.63, 3.8) is 0 Å². The van der Waals surface area contributed by atoms with Crippen molar-refractivity contribution in [2.75, 3.05) is 5.32 Å². The number of nitrogens with one attached hydrogen (secondary N) is 1. The van der Waals surface area contributed by atoms with Gasteiger partial charge in [-0.05, 0) is 30.7 Å². The van der Waals surface area contributed by atoms with Gasteiger partial charge in [-0.3, -0.25) is 24.8 Å². The summed E-state index contributed by atoms with van der Waals surface area (Å²) in [6.45, 7) is 1.37. The standard InChI is InChI=1S/C13H10FN3O7S.O3S/c1-7-4-8(2-3-13(7)25(22,23)24)15-10-5-9(14)11(16(18)19)6-12(10)17(20)21;1-4(2)3/h2-6,15H,1H3,(H,22,23,24);. The number of nitro groups is 2. The third-order valence-electron chi connectivity index (χ3n) is 3.19. The second-order valence-corrected chi connectivity index (χ2v) is 6.92. The Hall–Kier alpha value is -3.50. The van der Waals surface area contributed by atoms with E-state index in [1.165, 1.54) is 19.1 Å². The molecule has 0 atom stereocenters. The predicted octanol–water partition coefficient (Wildman–Crippen LogP) is 1.94. The maximum atomic E-state index is 13.7. The number of halogens is 1. The molecule has 0 aliphatic carbocycles. The summed E-state index contributed by atoms with van der Waals surface area (Å²) in [5.41, 5.74) is -1.84. The van der Waals surface area contributed by atoms with Crippen LogP contribution in [0.3, 0.4) is 0 Å². The van der Waals surface area contributed by atoms with Crippen LogP contribution in [0.2, 0.25) is 0 Å². The molecule has 0 radical (unpaired) electrons. The molecular formula is C13H10FN3O10S2. The molecule has 0 saturated carbocycles. The van der Waals surface area contributed by atoms with E-state index in [-0.39, 0.29) is 21.8 Å². The minimum Gasteiger partial charge on any atom is -0.350 e. The first-order chi connectivity index (χ1) is 13.2. The molecule has 156 valence electrons. The first kappa shape index (κ1) is 23.5. The minimum absolute atomic E-state index is 0.137. The van der Waals surface area contributed by atoms with E-state index in [0.717, 1.165) is 6.07 Å². The zero-order valence-corrected chi connectivity index (χ0v) is 15.7. The number of hydrogen-bond donors (Lipinski definition) is 2. The Labute approximate surface area is 162 Å². The molecule has 0 aliphatic rings. The summed E-state index contributed by atoms with van der Waals surface area (Å²) < 4.78 is 70.4. The van der Waals surface area contributed by atoms with Crippen molar-refractivity contribution in [1.82, 2.24) is 0 Å². The maximum absolute atomic E-state index is 13.7. The van der Waals surface area contributed by atoms with Crippen LogP contribution in [0, 0.1) is 33.0 Å².